The number of fused-ring (bicyclic) bond motifs is 1. The molecule has 0 spiro atoms. The third-order valence-corrected chi connectivity index (χ3v) is 4.92. The quantitative estimate of drug-likeness (QED) is 0.654. The number of hydrogen-bond acceptors (Lipinski definition) is 5. The molecule has 5 nitrogen and oxygen atoms in total. The van der Waals surface area contributed by atoms with Gasteiger partial charge in [0.05, 0.1) is 5.39 Å². The van der Waals surface area contributed by atoms with Gasteiger partial charge in [-0.2, -0.15) is 0 Å². The van der Waals surface area contributed by atoms with E-state index in [-0.39, 0.29) is 18.0 Å². The van der Waals surface area contributed by atoms with Gasteiger partial charge in [0.25, 0.3) is 5.56 Å². The molecule has 114 valence electrons. The first-order chi connectivity index (χ1) is 10.1. The Kier molecular flexibility index (Phi) is 5.41. The van der Waals surface area contributed by atoms with Crippen molar-refractivity contribution in [2.24, 2.45) is 0 Å². The molecule has 2 rings (SSSR count). The number of carbonyl (C=O) groups is 1. The summed E-state index contributed by atoms with van der Waals surface area (Å²) in [5, 5.41) is 3.99. The fraction of sp³-hybridized carbons (Fsp3) is 0.500. The number of rotatable bonds is 6. The Morgan fingerprint density at radius 2 is 2.24 bits per heavy atom. The van der Waals surface area contributed by atoms with Gasteiger partial charge in [-0.05, 0) is 25.2 Å². The van der Waals surface area contributed by atoms with Gasteiger partial charge in [-0.1, -0.05) is 25.6 Å². The minimum atomic E-state index is -0.152. The van der Waals surface area contributed by atoms with Crippen molar-refractivity contribution in [3.05, 3.63) is 21.3 Å². The Morgan fingerprint density at radius 1 is 1.48 bits per heavy atom. The van der Waals surface area contributed by atoms with Gasteiger partial charge in [0.1, 0.15) is 11.4 Å². The monoisotopic (exact) mass is 325 g/mol. The minimum Gasteiger partial charge on any atom is -0.355 e. The highest BCUT2D eigenvalue weighted by atomic mass is 32.2. The van der Waals surface area contributed by atoms with E-state index in [0.717, 1.165) is 22.5 Å². The zero-order chi connectivity index (χ0) is 15.4. The van der Waals surface area contributed by atoms with E-state index in [4.69, 9.17) is 0 Å². The van der Waals surface area contributed by atoms with E-state index in [9.17, 15) is 9.59 Å². The Hall–Kier alpha value is -1.34. The number of thiophene rings is 1. The van der Waals surface area contributed by atoms with Crippen molar-refractivity contribution in [2.75, 3.05) is 12.8 Å². The van der Waals surface area contributed by atoms with Crippen LogP contribution in [0, 0.1) is 0 Å². The lowest BCUT2D eigenvalue weighted by Crippen LogP contribution is -2.33. The largest absolute Gasteiger partial charge is 0.355 e. The first-order valence-corrected chi connectivity index (χ1v) is 8.98. The highest BCUT2D eigenvalue weighted by molar-refractivity contribution is 7.98. The van der Waals surface area contributed by atoms with Crippen LogP contribution in [0.2, 0.25) is 0 Å². The molecule has 1 N–H and O–H groups in total. The van der Waals surface area contributed by atoms with E-state index in [2.05, 4.69) is 17.2 Å². The summed E-state index contributed by atoms with van der Waals surface area (Å²) in [6.07, 6.45) is 3.62. The lowest BCUT2D eigenvalue weighted by atomic mass is 10.3. The molecule has 7 heteroatoms. The summed E-state index contributed by atoms with van der Waals surface area (Å²) in [5.74, 6) is -0.152. The first-order valence-electron chi connectivity index (χ1n) is 6.94. The van der Waals surface area contributed by atoms with Crippen LogP contribution in [-0.4, -0.2) is 28.3 Å². The molecular weight excluding hydrogens is 306 g/mol. The molecule has 2 aromatic rings. The summed E-state index contributed by atoms with van der Waals surface area (Å²) in [7, 11) is 0. The van der Waals surface area contributed by atoms with Crippen LogP contribution < -0.4 is 10.9 Å². The summed E-state index contributed by atoms with van der Waals surface area (Å²) in [5.41, 5.74) is -0.132. The molecule has 0 saturated heterocycles. The second kappa shape index (κ2) is 7.09. The molecule has 0 aliphatic heterocycles. The summed E-state index contributed by atoms with van der Waals surface area (Å²) in [6.45, 7) is 4.69. The predicted octanol–water partition coefficient (Wildman–Crippen LogP) is 2.27. The molecule has 0 radical (unpaired) electrons. The Bertz CT molecular complexity index is 706. The Morgan fingerprint density at radius 3 is 2.86 bits per heavy atom. The zero-order valence-corrected chi connectivity index (χ0v) is 14.1. The van der Waals surface area contributed by atoms with Crippen LogP contribution >= 0.6 is 23.1 Å². The summed E-state index contributed by atoms with van der Waals surface area (Å²) in [6, 6.07) is 1.89. The molecule has 0 atom stereocenters. The molecule has 0 bridgehead atoms. The summed E-state index contributed by atoms with van der Waals surface area (Å²) >= 11 is 2.93. The van der Waals surface area contributed by atoms with Crippen LogP contribution in [0.15, 0.2) is 16.0 Å². The third kappa shape index (κ3) is 3.47. The number of aryl methyl sites for hydroxylation is 1. The van der Waals surface area contributed by atoms with Crippen molar-refractivity contribution in [1.29, 1.82) is 0 Å². The maximum Gasteiger partial charge on any atom is 0.263 e. The van der Waals surface area contributed by atoms with Crippen molar-refractivity contribution < 1.29 is 4.79 Å². The van der Waals surface area contributed by atoms with Gasteiger partial charge in [0.2, 0.25) is 5.91 Å². The number of carbonyl (C=O) groups excluding carboxylic acids is 1. The van der Waals surface area contributed by atoms with Gasteiger partial charge >= 0.3 is 0 Å². The van der Waals surface area contributed by atoms with Gasteiger partial charge in [-0.3, -0.25) is 14.2 Å². The number of nitrogens with zero attached hydrogens (tertiary/aromatic N) is 2. The molecule has 2 heterocycles. The van der Waals surface area contributed by atoms with Crippen LogP contribution in [0.5, 0.6) is 0 Å². The Labute approximate surface area is 131 Å². The molecule has 1 amide bonds. The van der Waals surface area contributed by atoms with Gasteiger partial charge in [-0.25, -0.2) is 4.98 Å². The molecule has 0 aliphatic carbocycles. The average Bonchev–Trinajstić information content (AvgIpc) is 2.91. The lowest BCUT2D eigenvalue weighted by Gasteiger charge is -2.10. The van der Waals surface area contributed by atoms with E-state index < -0.39 is 0 Å². The van der Waals surface area contributed by atoms with E-state index in [0.29, 0.717) is 17.1 Å². The smallest absolute Gasteiger partial charge is 0.263 e. The highest BCUT2D eigenvalue weighted by Crippen LogP contribution is 2.24. The fourth-order valence-corrected chi connectivity index (χ4v) is 3.55. The van der Waals surface area contributed by atoms with Gasteiger partial charge in [-0.15, -0.1) is 11.3 Å². The summed E-state index contributed by atoms with van der Waals surface area (Å²) in [4.78, 5) is 30.9. The molecule has 2 aromatic heterocycles. The van der Waals surface area contributed by atoms with Crippen LogP contribution in [0.4, 0.5) is 0 Å². The molecule has 0 saturated carbocycles. The third-order valence-electron chi connectivity index (χ3n) is 3.07. The number of hydrogen-bond donors (Lipinski definition) is 1. The van der Waals surface area contributed by atoms with E-state index in [1.54, 1.807) is 11.3 Å². The highest BCUT2D eigenvalue weighted by Gasteiger charge is 2.15. The molecule has 0 unspecified atom stereocenters. The van der Waals surface area contributed by atoms with Crippen molar-refractivity contribution >= 4 is 39.2 Å². The zero-order valence-electron chi connectivity index (χ0n) is 12.4. The van der Waals surface area contributed by atoms with Gasteiger partial charge in [0, 0.05) is 11.4 Å². The number of thioether (sulfide) groups is 1. The predicted molar refractivity (Wildman–Crippen MR) is 88.3 cm³/mol. The number of aromatic nitrogens is 2. The second-order valence-corrected chi connectivity index (χ2v) is 6.51. The molecular formula is C14H19N3O2S2. The van der Waals surface area contributed by atoms with E-state index in [1.807, 2.05) is 19.2 Å². The fourth-order valence-electron chi connectivity index (χ4n) is 1.98. The van der Waals surface area contributed by atoms with Crippen LogP contribution in [0.3, 0.4) is 0 Å². The normalized spacial score (nSPS) is 11.0. The Balaban J connectivity index is 2.43. The maximum absolute atomic E-state index is 12.6. The molecule has 0 aromatic carbocycles. The van der Waals surface area contributed by atoms with Crippen LogP contribution in [0.1, 0.15) is 25.1 Å². The van der Waals surface area contributed by atoms with Crippen LogP contribution in [0.25, 0.3) is 10.2 Å². The van der Waals surface area contributed by atoms with Crippen molar-refractivity contribution in [1.82, 2.24) is 14.9 Å². The first kappa shape index (κ1) is 16.0. The number of amides is 1. The minimum absolute atomic E-state index is 0.0231. The van der Waals surface area contributed by atoms with Crippen molar-refractivity contribution in [3.8, 4) is 0 Å². The lowest BCUT2D eigenvalue weighted by molar-refractivity contribution is -0.121. The average molecular weight is 325 g/mol. The van der Waals surface area contributed by atoms with Gasteiger partial charge in [0.15, 0.2) is 5.16 Å². The number of nitrogens with one attached hydrogen (secondary N) is 1. The van der Waals surface area contributed by atoms with Crippen molar-refractivity contribution in [2.45, 2.75) is 38.4 Å². The topological polar surface area (TPSA) is 64.0 Å². The molecule has 21 heavy (non-hydrogen) atoms. The van der Waals surface area contributed by atoms with Crippen molar-refractivity contribution in [3.63, 3.8) is 0 Å². The van der Waals surface area contributed by atoms with E-state index >= 15 is 0 Å². The SMILES string of the molecule is CCCNC(=O)Cn1c(SC)nc2sc(CC)cc2c1=O. The molecule has 0 fully saturated rings. The second-order valence-electron chi connectivity index (χ2n) is 4.62. The molecule has 0 aliphatic rings. The van der Waals surface area contributed by atoms with Gasteiger partial charge < -0.3 is 5.32 Å². The maximum atomic E-state index is 12.6. The van der Waals surface area contributed by atoms with E-state index in [1.165, 1.54) is 16.3 Å². The standard InChI is InChI=1S/C14H19N3O2S2/c1-4-6-15-11(18)8-17-13(19)10-7-9(5-2)21-12(10)16-14(17)20-3/h7H,4-6,8H2,1-3H3,(H,15,18). The summed E-state index contributed by atoms with van der Waals surface area (Å²) < 4.78 is 1.46. The van der Waals surface area contributed by atoms with Crippen LogP contribution in [-0.2, 0) is 17.8 Å².